The molecule has 10 heteroatoms. The molecule has 1 unspecified atom stereocenters. The number of fused-ring (bicyclic) bond motifs is 1. The number of pyridine rings is 2. The van der Waals surface area contributed by atoms with Crippen molar-refractivity contribution in [1.29, 1.82) is 0 Å². The molecule has 4 aromatic heterocycles. The quantitative estimate of drug-likeness (QED) is 0.373. The summed E-state index contributed by atoms with van der Waals surface area (Å²) in [5.41, 5.74) is 5.94. The summed E-state index contributed by atoms with van der Waals surface area (Å²) < 4.78 is 1.73. The van der Waals surface area contributed by atoms with Gasteiger partial charge in [-0.25, -0.2) is 9.97 Å². The molecule has 1 aromatic carbocycles. The van der Waals surface area contributed by atoms with Gasteiger partial charge in [-0.05, 0) is 55.5 Å². The van der Waals surface area contributed by atoms with Gasteiger partial charge in [0.15, 0.2) is 5.82 Å². The Balaban J connectivity index is 1.15. The number of aliphatic imine (C=N–C) groups is 1. The first-order valence-corrected chi connectivity index (χ1v) is 12.0. The van der Waals surface area contributed by atoms with Crippen molar-refractivity contribution in [1.82, 2.24) is 29.7 Å². The topological polar surface area (TPSA) is 117 Å². The number of aryl methyl sites for hydroxylation is 1. The van der Waals surface area contributed by atoms with E-state index in [1.807, 2.05) is 66.8 Å². The molecule has 0 bridgehead atoms. The highest BCUT2D eigenvalue weighted by atomic mass is 16.1. The summed E-state index contributed by atoms with van der Waals surface area (Å²) >= 11 is 0. The van der Waals surface area contributed by atoms with Crippen molar-refractivity contribution >= 4 is 34.8 Å². The van der Waals surface area contributed by atoms with Crippen LogP contribution in [0.25, 0.3) is 33.7 Å². The second-order valence-electron chi connectivity index (χ2n) is 9.06. The van der Waals surface area contributed by atoms with Gasteiger partial charge in [0.2, 0.25) is 5.91 Å². The summed E-state index contributed by atoms with van der Waals surface area (Å²) in [6.45, 7) is 2.86. The molecule has 0 spiro atoms. The zero-order chi connectivity index (χ0) is 25.4. The monoisotopic (exact) mass is 491 g/mol. The van der Waals surface area contributed by atoms with E-state index < -0.39 is 0 Å². The number of benzene rings is 1. The Hall–Kier alpha value is -4.86. The van der Waals surface area contributed by atoms with Crippen molar-refractivity contribution in [2.45, 2.75) is 19.4 Å². The van der Waals surface area contributed by atoms with Crippen molar-refractivity contribution in [3.63, 3.8) is 0 Å². The predicted octanol–water partition coefficient (Wildman–Crippen LogP) is 3.84. The third kappa shape index (κ3) is 4.56. The lowest BCUT2D eigenvalue weighted by Gasteiger charge is -2.13. The molecule has 0 saturated carbocycles. The third-order valence-corrected chi connectivity index (χ3v) is 6.31. The summed E-state index contributed by atoms with van der Waals surface area (Å²) in [6.07, 6.45) is 7.27. The molecule has 6 rings (SSSR count). The van der Waals surface area contributed by atoms with Crippen LogP contribution in [0.2, 0.25) is 0 Å². The van der Waals surface area contributed by atoms with Gasteiger partial charge >= 0.3 is 0 Å². The number of rotatable bonds is 6. The van der Waals surface area contributed by atoms with Crippen LogP contribution >= 0.6 is 0 Å². The van der Waals surface area contributed by atoms with Crippen molar-refractivity contribution in [2.75, 3.05) is 16.8 Å². The van der Waals surface area contributed by atoms with Crippen LogP contribution in [0.4, 0.5) is 11.5 Å². The van der Waals surface area contributed by atoms with Crippen LogP contribution in [-0.4, -0.2) is 54.5 Å². The highest BCUT2D eigenvalue weighted by Gasteiger charge is 2.20. The summed E-state index contributed by atoms with van der Waals surface area (Å²) in [5, 5.41) is 7.49. The Bertz CT molecular complexity index is 1600. The zero-order valence-electron chi connectivity index (χ0n) is 20.5. The lowest BCUT2D eigenvalue weighted by Crippen LogP contribution is -2.22. The van der Waals surface area contributed by atoms with Crippen LogP contribution in [0.3, 0.4) is 0 Å². The Morgan fingerprint density at radius 3 is 2.65 bits per heavy atom. The number of H-pyrrole nitrogens is 1. The number of nitrogens with one attached hydrogen (secondary N) is 2. The average molecular weight is 492 g/mol. The highest BCUT2D eigenvalue weighted by molar-refractivity contribution is 5.95. The summed E-state index contributed by atoms with van der Waals surface area (Å²) in [4.78, 5) is 36.0. The van der Waals surface area contributed by atoms with Crippen molar-refractivity contribution in [2.24, 2.45) is 12.0 Å². The van der Waals surface area contributed by atoms with E-state index >= 15 is 0 Å². The van der Waals surface area contributed by atoms with Crippen LogP contribution in [0, 0.1) is 0 Å². The Morgan fingerprint density at radius 2 is 1.89 bits per heavy atom. The number of carbonyl (C=O) groups excluding carboxylic acids is 1. The van der Waals surface area contributed by atoms with E-state index in [4.69, 9.17) is 4.98 Å². The fraction of sp³-hybridized carbons (Fsp3) is 0.185. The van der Waals surface area contributed by atoms with Crippen LogP contribution < -0.4 is 10.2 Å². The molecule has 2 N–H and O–H groups in total. The molecular weight excluding hydrogens is 466 g/mol. The van der Waals surface area contributed by atoms with Gasteiger partial charge in [-0.2, -0.15) is 5.10 Å². The van der Waals surface area contributed by atoms with E-state index in [1.165, 1.54) is 0 Å². The van der Waals surface area contributed by atoms with Gasteiger partial charge in [-0.15, -0.1) is 0 Å². The van der Waals surface area contributed by atoms with Crippen LogP contribution in [-0.2, 0) is 18.3 Å². The largest absolute Gasteiger partial charge is 0.338 e. The second kappa shape index (κ2) is 9.30. The Labute approximate surface area is 213 Å². The highest BCUT2D eigenvalue weighted by Crippen LogP contribution is 2.28. The number of aromatic amines is 1. The molecule has 5 aromatic rings. The van der Waals surface area contributed by atoms with E-state index in [9.17, 15) is 4.79 Å². The first-order valence-electron chi connectivity index (χ1n) is 12.0. The average Bonchev–Trinajstić information content (AvgIpc) is 3.63. The molecule has 0 fully saturated rings. The molecule has 37 heavy (non-hydrogen) atoms. The number of hydrogen-bond acceptors (Lipinski definition) is 7. The van der Waals surface area contributed by atoms with Gasteiger partial charge in [0.25, 0.3) is 0 Å². The van der Waals surface area contributed by atoms with Crippen molar-refractivity contribution in [3.8, 4) is 22.6 Å². The molecule has 10 nitrogen and oxygen atoms in total. The number of nitrogens with zero attached hydrogens (tertiary/aromatic N) is 7. The normalized spacial score (nSPS) is 15.0. The lowest BCUT2D eigenvalue weighted by molar-refractivity contribution is -0.115. The molecule has 1 amide bonds. The van der Waals surface area contributed by atoms with Gasteiger partial charge in [-0.3, -0.25) is 19.5 Å². The first-order chi connectivity index (χ1) is 18.0. The van der Waals surface area contributed by atoms with E-state index in [-0.39, 0.29) is 18.4 Å². The maximum Gasteiger partial charge on any atom is 0.230 e. The minimum Gasteiger partial charge on any atom is -0.338 e. The molecule has 0 aliphatic carbocycles. The minimum atomic E-state index is -0.113. The molecule has 1 atom stereocenters. The summed E-state index contributed by atoms with van der Waals surface area (Å²) in [7, 11) is 1.84. The number of anilines is 2. The smallest absolute Gasteiger partial charge is 0.230 e. The minimum absolute atomic E-state index is 0.113. The van der Waals surface area contributed by atoms with Gasteiger partial charge in [-0.1, -0.05) is 0 Å². The maximum absolute atomic E-state index is 12.7. The van der Waals surface area contributed by atoms with Crippen LogP contribution in [0.1, 0.15) is 12.6 Å². The van der Waals surface area contributed by atoms with E-state index in [0.717, 1.165) is 51.7 Å². The molecule has 0 radical (unpaired) electrons. The maximum atomic E-state index is 12.7. The molecule has 184 valence electrons. The second-order valence-corrected chi connectivity index (χ2v) is 9.06. The number of carbonyl (C=O) groups is 1. The van der Waals surface area contributed by atoms with Crippen molar-refractivity contribution in [3.05, 3.63) is 72.8 Å². The lowest BCUT2D eigenvalue weighted by atomic mass is 10.1. The summed E-state index contributed by atoms with van der Waals surface area (Å²) in [5.74, 6) is 1.42. The predicted molar refractivity (Wildman–Crippen MR) is 143 cm³/mol. The fourth-order valence-corrected chi connectivity index (χ4v) is 4.40. The fourth-order valence-electron chi connectivity index (χ4n) is 4.40. The SMILES string of the molecule is CC1CN(c2nccc3[nH]c(-c4ccc(NC(=O)Cc5cc(-c6ccncc6)nn5C)cc4)nc23)C=N1. The molecule has 1 aliphatic heterocycles. The third-order valence-electron chi connectivity index (χ3n) is 6.31. The number of hydrogen-bond donors (Lipinski definition) is 2. The standard InChI is InChI=1S/C27H25N9O/c1-17-15-36(16-30-17)27-25-22(9-12-29-27)32-26(33-25)19-3-5-20(6-4-19)31-24(37)14-21-13-23(34-35(21)2)18-7-10-28-11-8-18/h3-13,16-17H,14-15H2,1-2H3,(H,31,37)(H,32,33). The van der Waals surface area contributed by atoms with E-state index in [0.29, 0.717) is 5.69 Å². The number of aromatic nitrogens is 6. The summed E-state index contributed by atoms with van der Waals surface area (Å²) in [6, 6.07) is 15.5. The molecule has 1 aliphatic rings. The van der Waals surface area contributed by atoms with Gasteiger partial charge in [0, 0.05) is 54.7 Å². The van der Waals surface area contributed by atoms with Gasteiger partial charge < -0.3 is 15.2 Å². The molecule has 0 saturated heterocycles. The van der Waals surface area contributed by atoms with E-state index in [2.05, 4.69) is 37.3 Å². The Kier molecular flexibility index (Phi) is 5.68. The zero-order valence-corrected chi connectivity index (χ0v) is 20.5. The van der Waals surface area contributed by atoms with Crippen molar-refractivity contribution < 1.29 is 4.79 Å². The first kappa shape index (κ1) is 22.6. The van der Waals surface area contributed by atoms with Crippen LogP contribution in [0.15, 0.2) is 72.1 Å². The molecular formula is C27H25N9O. The molecule has 5 heterocycles. The number of amides is 1. The van der Waals surface area contributed by atoms with Crippen LogP contribution in [0.5, 0.6) is 0 Å². The Morgan fingerprint density at radius 1 is 1.08 bits per heavy atom. The van der Waals surface area contributed by atoms with E-state index in [1.54, 1.807) is 23.3 Å². The number of imidazole rings is 1. The van der Waals surface area contributed by atoms with Gasteiger partial charge in [0.05, 0.1) is 30.0 Å². The van der Waals surface area contributed by atoms with Gasteiger partial charge in [0.1, 0.15) is 11.3 Å².